The highest BCUT2D eigenvalue weighted by Gasteiger charge is 2.54. The maximum absolute atomic E-state index is 12.2. The zero-order chi connectivity index (χ0) is 17.8. The van der Waals surface area contributed by atoms with Gasteiger partial charge in [-0.15, -0.1) is 0 Å². The van der Waals surface area contributed by atoms with Crippen molar-refractivity contribution in [2.24, 2.45) is 5.41 Å². The number of hydrogen-bond acceptors (Lipinski definition) is 5. The smallest absolute Gasteiger partial charge is 0.408 e. The summed E-state index contributed by atoms with van der Waals surface area (Å²) in [6.45, 7) is 5.86. The normalized spacial score (nSPS) is 29.5. The van der Waals surface area contributed by atoms with Crippen LogP contribution in [0.5, 0.6) is 0 Å². The average molecular weight is 347 g/mol. The number of fused-ring (bicyclic) bond motifs is 3. The van der Waals surface area contributed by atoms with E-state index in [1.807, 2.05) is 49.4 Å². The SMILES string of the molecule is CC/C=C/[C@H](NC(=O)OCc1ccccc1)C12OCC(C)(CO1)CO2. The first-order chi connectivity index (χ1) is 12.1. The molecule has 3 heterocycles. The molecule has 0 radical (unpaired) electrons. The molecule has 0 aliphatic carbocycles. The third-order valence-electron chi connectivity index (χ3n) is 4.30. The molecule has 1 aromatic carbocycles. The van der Waals surface area contributed by atoms with Gasteiger partial charge in [0.25, 0.3) is 0 Å². The molecule has 3 aliphatic rings. The second-order valence-corrected chi connectivity index (χ2v) is 6.80. The van der Waals surface area contributed by atoms with Gasteiger partial charge in [0.15, 0.2) is 0 Å². The lowest BCUT2D eigenvalue weighted by Gasteiger charge is -2.52. The Morgan fingerprint density at radius 3 is 2.48 bits per heavy atom. The minimum Gasteiger partial charge on any atom is -0.445 e. The summed E-state index contributed by atoms with van der Waals surface area (Å²) in [6.07, 6.45) is 4.05. The topological polar surface area (TPSA) is 66.0 Å². The van der Waals surface area contributed by atoms with Crippen molar-refractivity contribution in [3.63, 3.8) is 0 Å². The van der Waals surface area contributed by atoms with Crippen LogP contribution in [-0.4, -0.2) is 37.9 Å². The Balaban J connectivity index is 1.63. The highest BCUT2D eigenvalue weighted by Crippen LogP contribution is 2.40. The van der Waals surface area contributed by atoms with E-state index in [0.29, 0.717) is 19.8 Å². The summed E-state index contributed by atoms with van der Waals surface area (Å²) in [5, 5.41) is 2.80. The Kier molecular flexibility index (Phi) is 5.42. The number of rotatable bonds is 6. The summed E-state index contributed by atoms with van der Waals surface area (Å²) in [5.74, 6) is -1.28. The number of nitrogens with one attached hydrogen (secondary N) is 1. The minimum absolute atomic E-state index is 0.130. The van der Waals surface area contributed by atoms with E-state index in [1.165, 1.54) is 0 Å². The first-order valence-corrected chi connectivity index (χ1v) is 8.61. The van der Waals surface area contributed by atoms with E-state index in [9.17, 15) is 4.79 Å². The molecule has 136 valence electrons. The number of ether oxygens (including phenoxy) is 4. The molecule has 0 aromatic heterocycles. The number of hydrogen-bond donors (Lipinski definition) is 1. The summed E-state index contributed by atoms with van der Waals surface area (Å²) >= 11 is 0. The summed E-state index contributed by atoms with van der Waals surface area (Å²) in [7, 11) is 0. The predicted octanol–water partition coefficient (Wildman–Crippen LogP) is 2.98. The van der Waals surface area contributed by atoms with Crippen LogP contribution in [0.3, 0.4) is 0 Å². The van der Waals surface area contributed by atoms with Crippen LogP contribution >= 0.6 is 0 Å². The maximum atomic E-state index is 12.2. The first-order valence-electron chi connectivity index (χ1n) is 8.61. The van der Waals surface area contributed by atoms with Gasteiger partial charge in [0.05, 0.1) is 19.8 Å². The lowest BCUT2D eigenvalue weighted by atomic mass is 9.91. The Labute approximate surface area is 148 Å². The van der Waals surface area contributed by atoms with Crippen molar-refractivity contribution in [2.45, 2.75) is 38.9 Å². The molecule has 0 unspecified atom stereocenters. The van der Waals surface area contributed by atoms with E-state index in [0.717, 1.165) is 12.0 Å². The molecule has 6 nitrogen and oxygen atoms in total. The fourth-order valence-corrected chi connectivity index (χ4v) is 2.76. The van der Waals surface area contributed by atoms with Crippen LogP contribution in [0, 0.1) is 5.41 Å². The number of benzene rings is 1. The first kappa shape index (κ1) is 17.9. The summed E-state index contributed by atoms with van der Waals surface area (Å²) in [4.78, 5) is 12.2. The van der Waals surface area contributed by atoms with E-state index >= 15 is 0 Å². The molecule has 1 amide bonds. The highest BCUT2D eigenvalue weighted by molar-refractivity contribution is 5.68. The number of carbonyl (C=O) groups excluding carboxylic acids is 1. The Morgan fingerprint density at radius 1 is 1.24 bits per heavy atom. The fraction of sp³-hybridized carbons (Fsp3) is 0.526. The zero-order valence-corrected chi connectivity index (χ0v) is 14.7. The lowest BCUT2D eigenvalue weighted by Crippen LogP contribution is -2.66. The fourth-order valence-electron chi connectivity index (χ4n) is 2.76. The van der Waals surface area contributed by atoms with Crippen molar-refractivity contribution < 1.29 is 23.7 Å². The molecule has 3 aliphatic heterocycles. The molecular weight excluding hydrogens is 322 g/mol. The molecule has 2 bridgehead atoms. The molecule has 1 N–H and O–H groups in total. The Bertz CT molecular complexity index is 591. The number of alkyl carbamates (subject to hydrolysis) is 1. The highest BCUT2D eigenvalue weighted by atomic mass is 16.9. The zero-order valence-electron chi connectivity index (χ0n) is 14.7. The van der Waals surface area contributed by atoms with Gasteiger partial charge in [-0.3, -0.25) is 0 Å². The largest absolute Gasteiger partial charge is 0.445 e. The van der Waals surface area contributed by atoms with Crippen LogP contribution in [0.4, 0.5) is 4.79 Å². The van der Waals surface area contributed by atoms with Gasteiger partial charge in [-0.05, 0) is 12.0 Å². The second kappa shape index (κ2) is 7.56. The number of allylic oxidation sites excluding steroid dienone is 1. The van der Waals surface area contributed by atoms with E-state index in [-0.39, 0.29) is 12.0 Å². The minimum atomic E-state index is -1.28. The molecule has 0 saturated carbocycles. The van der Waals surface area contributed by atoms with E-state index in [1.54, 1.807) is 0 Å². The van der Waals surface area contributed by atoms with Gasteiger partial charge >= 0.3 is 12.1 Å². The lowest BCUT2D eigenvalue weighted by molar-refractivity contribution is -0.469. The van der Waals surface area contributed by atoms with Gasteiger partial charge in [-0.25, -0.2) is 4.79 Å². The van der Waals surface area contributed by atoms with Crippen molar-refractivity contribution >= 4 is 6.09 Å². The molecule has 1 atom stereocenters. The molecule has 4 rings (SSSR count). The van der Waals surface area contributed by atoms with Gasteiger partial charge in [0.1, 0.15) is 12.6 Å². The van der Waals surface area contributed by atoms with Crippen LogP contribution in [0.15, 0.2) is 42.5 Å². The van der Waals surface area contributed by atoms with E-state index < -0.39 is 18.1 Å². The van der Waals surface area contributed by atoms with Crippen LogP contribution in [0.1, 0.15) is 25.8 Å². The van der Waals surface area contributed by atoms with Gasteiger partial charge in [-0.1, -0.05) is 56.3 Å². The average Bonchev–Trinajstić information content (AvgIpc) is 2.65. The van der Waals surface area contributed by atoms with Gasteiger partial charge in [-0.2, -0.15) is 0 Å². The van der Waals surface area contributed by atoms with Crippen molar-refractivity contribution in [2.75, 3.05) is 19.8 Å². The number of amides is 1. The van der Waals surface area contributed by atoms with Crippen LogP contribution in [0.2, 0.25) is 0 Å². The van der Waals surface area contributed by atoms with Crippen molar-refractivity contribution in [1.82, 2.24) is 5.32 Å². The predicted molar refractivity (Wildman–Crippen MR) is 91.7 cm³/mol. The summed E-state index contributed by atoms with van der Waals surface area (Å²) in [6, 6.07) is 8.94. The standard InChI is InChI=1S/C19H25NO5/c1-3-4-10-16(19-23-12-18(2,13-24-19)14-25-19)20-17(21)22-11-15-8-6-5-7-9-15/h4-10,16H,3,11-14H2,1-2H3,(H,20,21)/b10-4+/t16-,18?,19?/m0/s1. The third kappa shape index (κ3) is 4.21. The van der Waals surface area contributed by atoms with Gasteiger partial charge < -0.3 is 24.3 Å². The monoisotopic (exact) mass is 347 g/mol. The molecule has 3 fully saturated rings. The van der Waals surface area contributed by atoms with Crippen molar-refractivity contribution in [3.05, 3.63) is 48.0 Å². The molecule has 3 saturated heterocycles. The second-order valence-electron chi connectivity index (χ2n) is 6.80. The molecular formula is C19H25NO5. The summed E-state index contributed by atoms with van der Waals surface area (Å²) < 4.78 is 22.8. The van der Waals surface area contributed by atoms with Gasteiger partial charge in [0, 0.05) is 5.41 Å². The third-order valence-corrected chi connectivity index (χ3v) is 4.30. The number of carbonyl (C=O) groups is 1. The van der Waals surface area contributed by atoms with Crippen molar-refractivity contribution in [1.29, 1.82) is 0 Å². The maximum Gasteiger partial charge on any atom is 0.408 e. The van der Waals surface area contributed by atoms with E-state index in [2.05, 4.69) is 12.2 Å². The molecule has 25 heavy (non-hydrogen) atoms. The van der Waals surface area contributed by atoms with E-state index in [4.69, 9.17) is 18.9 Å². The Morgan fingerprint density at radius 2 is 1.88 bits per heavy atom. The quantitative estimate of drug-likeness (QED) is 0.802. The van der Waals surface area contributed by atoms with Gasteiger partial charge in [0.2, 0.25) is 0 Å². The van der Waals surface area contributed by atoms with Crippen LogP contribution < -0.4 is 5.32 Å². The van der Waals surface area contributed by atoms with Crippen LogP contribution in [-0.2, 0) is 25.6 Å². The summed E-state index contributed by atoms with van der Waals surface area (Å²) in [5.41, 5.74) is 0.792. The Hall–Kier alpha value is -1.89. The van der Waals surface area contributed by atoms with Crippen LogP contribution in [0.25, 0.3) is 0 Å². The molecule has 6 heteroatoms. The molecule has 1 aromatic rings. The van der Waals surface area contributed by atoms with Crippen molar-refractivity contribution in [3.8, 4) is 0 Å². The molecule has 0 spiro atoms.